The molecule has 1 aromatic carbocycles. The molecule has 3 nitrogen and oxygen atoms in total. The lowest BCUT2D eigenvalue weighted by Gasteiger charge is -2.03. The Morgan fingerprint density at radius 1 is 1.11 bits per heavy atom. The molecule has 0 radical (unpaired) electrons. The zero-order valence-corrected chi connectivity index (χ0v) is 10.8. The molecule has 2 rings (SSSR count). The van der Waals surface area contributed by atoms with Gasteiger partial charge in [0.25, 0.3) is 0 Å². The summed E-state index contributed by atoms with van der Waals surface area (Å²) in [6.45, 7) is 3.86. The van der Waals surface area contributed by atoms with E-state index in [0.717, 1.165) is 25.9 Å². The standard InChI is InChI=1S/C15H19NO2/c1-2-3-12-4-6-13(7-5-12)14(17)8-9-15(18)16-10-11-16/h4-7H,2-3,8-11H2,1H3. The van der Waals surface area contributed by atoms with Gasteiger partial charge in [-0.15, -0.1) is 0 Å². The SMILES string of the molecule is CCCc1ccc(C(=O)CCC(=O)N2CC2)cc1. The van der Waals surface area contributed by atoms with E-state index < -0.39 is 0 Å². The largest absolute Gasteiger partial charge is 0.339 e. The van der Waals surface area contributed by atoms with E-state index in [-0.39, 0.29) is 11.7 Å². The fourth-order valence-corrected chi connectivity index (χ4v) is 1.97. The lowest BCUT2D eigenvalue weighted by Crippen LogP contribution is -2.12. The van der Waals surface area contributed by atoms with Gasteiger partial charge in [-0.25, -0.2) is 0 Å². The van der Waals surface area contributed by atoms with Crippen LogP contribution >= 0.6 is 0 Å². The van der Waals surface area contributed by atoms with Gasteiger partial charge in [-0.05, 0) is 12.0 Å². The first-order chi connectivity index (χ1) is 8.70. The molecule has 0 N–H and O–H groups in total. The van der Waals surface area contributed by atoms with E-state index in [9.17, 15) is 9.59 Å². The molecule has 1 fully saturated rings. The number of nitrogens with zero attached hydrogens (tertiary/aromatic N) is 1. The molecule has 1 saturated heterocycles. The number of carbonyl (C=O) groups is 2. The molecule has 0 atom stereocenters. The Kier molecular flexibility index (Phi) is 4.13. The van der Waals surface area contributed by atoms with Crippen molar-refractivity contribution in [1.29, 1.82) is 0 Å². The van der Waals surface area contributed by atoms with Crippen LogP contribution in [0.3, 0.4) is 0 Å². The number of rotatable bonds is 6. The molecule has 96 valence electrons. The Balaban J connectivity index is 1.85. The van der Waals surface area contributed by atoms with Crippen molar-refractivity contribution in [2.45, 2.75) is 32.6 Å². The first-order valence-corrected chi connectivity index (χ1v) is 6.60. The minimum Gasteiger partial charge on any atom is -0.339 e. The van der Waals surface area contributed by atoms with Crippen LogP contribution < -0.4 is 0 Å². The molecule has 0 bridgehead atoms. The predicted molar refractivity (Wildman–Crippen MR) is 70.6 cm³/mol. The van der Waals surface area contributed by atoms with E-state index in [4.69, 9.17) is 0 Å². The van der Waals surface area contributed by atoms with Gasteiger partial charge in [0, 0.05) is 31.5 Å². The van der Waals surface area contributed by atoms with E-state index in [1.165, 1.54) is 5.56 Å². The molecule has 3 heteroatoms. The molecule has 1 aromatic rings. The van der Waals surface area contributed by atoms with E-state index in [1.54, 1.807) is 4.90 Å². The first-order valence-electron chi connectivity index (χ1n) is 6.60. The summed E-state index contributed by atoms with van der Waals surface area (Å²) in [7, 11) is 0. The zero-order chi connectivity index (χ0) is 13.0. The van der Waals surface area contributed by atoms with Crippen LogP contribution in [0.25, 0.3) is 0 Å². The number of hydrogen-bond acceptors (Lipinski definition) is 2. The molecule has 1 amide bonds. The van der Waals surface area contributed by atoms with Crippen LogP contribution in [0, 0.1) is 0 Å². The topological polar surface area (TPSA) is 37.1 Å². The van der Waals surface area contributed by atoms with Crippen LogP contribution in [-0.4, -0.2) is 29.7 Å². The molecular weight excluding hydrogens is 226 g/mol. The number of ketones is 1. The fraction of sp³-hybridized carbons (Fsp3) is 0.467. The number of hydrogen-bond donors (Lipinski definition) is 0. The summed E-state index contributed by atoms with van der Waals surface area (Å²) in [6.07, 6.45) is 2.82. The molecule has 1 heterocycles. The van der Waals surface area contributed by atoms with Gasteiger partial charge in [0.1, 0.15) is 0 Å². The van der Waals surface area contributed by atoms with Crippen molar-refractivity contribution < 1.29 is 9.59 Å². The second-order valence-corrected chi connectivity index (χ2v) is 4.75. The molecule has 18 heavy (non-hydrogen) atoms. The van der Waals surface area contributed by atoms with E-state index in [2.05, 4.69) is 6.92 Å². The van der Waals surface area contributed by atoms with Crippen molar-refractivity contribution in [3.63, 3.8) is 0 Å². The average Bonchev–Trinajstić information content (AvgIpc) is 3.21. The van der Waals surface area contributed by atoms with Crippen LogP contribution in [0.15, 0.2) is 24.3 Å². The molecule has 0 aliphatic carbocycles. The predicted octanol–water partition coefficient (Wildman–Crippen LogP) is 2.44. The van der Waals surface area contributed by atoms with Gasteiger partial charge >= 0.3 is 0 Å². The number of aryl methyl sites for hydroxylation is 1. The Labute approximate surface area is 108 Å². The third-order valence-electron chi connectivity index (χ3n) is 3.18. The van der Waals surface area contributed by atoms with Crippen molar-refractivity contribution in [1.82, 2.24) is 4.90 Å². The van der Waals surface area contributed by atoms with Crippen LogP contribution in [0.5, 0.6) is 0 Å². The van der Waals surface area contributed by atoms with Gasteiger partial charge in [-0.2, -0.15) is 0 Å². The minimum absolute atomic E-state index is 0.0632. The maximum atomic E-state index is 11.9. The summed E-state index contributed by atoms with van der Waals surface area (Å²) in [4.78, 5) is 25.1. The summed E-state index contributed by atoms with van der Waals surface area (Å²) < 4.78 is 0. The van der Waals surface area contributed by atoms with Crippen LogP contribution in [-0.2, 0) is 11.2 Å². The summed E-state index contributed by atoms with van der Waals surface area (Å²) in [6, 6.07) is 7.75. The number of carbonyl (C=O) groups excluding carboxylic acids is 2. The first kappa shape index (κ1) is 12.8. The summed E-state index contributed by atoms with van der Waals surface area (Å²) >= 11 is 0. The third kappa shape index (κ3) is 3.42. The molecule has 0 spiro atoms. The van der Waals surface area contributed by atoms with Crippen molar-refractivity contribution in [3.8, 4) is 0 Å². The highest BCUT2D eigenvalue weighted by Gasteiger charge is 2.24. The molecule has 1 aliphatic rings. The average molecular weight is 245 g/mol. The smallest absolute Gasteiger partial charge is 0.223 e. The highest BCUT2D eigenvalue weighted by Crippen LogP contribution is 2.12. The molecular formula is C15H19NO2. The maximum absolute atomic E-state index is 11.9. The Morgan fingerprint density at radius 2 is 1.78 bits per heavy atom. The highest BCUT2D eigenvalue weighted by atomic mass is 16.2. The quantitative estimate of drug-likeness (QED) is 0.570. The summed E-state index contributed by atoms with van der Waals surface area (Å²) in [5.41, 5.74) is 1.97. The van der Waals surface area contributed by atoms with Gasteiger partial charge in [0.15, 0.2) is 5.78 Å². The Bertz CT molecular complexity index is 432. The summed E-state index contributed by atoms with van der Waals surface area (Å²) in [5, 5.41) is 0. The molecule has 1 aliphatic heterocycles. The number of benzene rings is 1. The van der Waals surface area contributed by atoms with Gasteiger partial charge < -0.3 is 4.90 Å². The molecule has 0 saturated carbocycles. The van der Waals surface area contributed by atoms with Gasteiger partial charge in [-0.3, -0.25) is 9.59 Å². The van der Waals surface area contributed by atoms with Gasteiger partial charge in [-0.1, -0.05) is 37.6 Å². The van der Waals surface area contributed by atoms with E-state index in [0.29, 0.717) is 18.4 Å². The minimum atomic E-state index is 0.0632. The number of amides is 1. The van der Waals surface area contributed by atoms with Gasteiger partial charge in [0.2, 0.25) is 5.91 Å². The van der Waals surface area contributed by atoms with Crippen LogP contribution in [0.1, 0.15) is 42.1 Å². The van der Waals surface area contributed by atoms with Crippen LogP contribution in [0.2, 0.25) is 0 Å². The van der Waals surface area contributed by atoms with Gasteiger partial charge in [0.05, 0.1) is 0 Å². The monoisotopic (exact) mass is 245 g/mol. The second-order valence-electron chi connectivity index (χ2n) is 4.75. The normalized spacial score (nSPS) is 13.5. The van der Waals surface area contributed by atoms with Crippen molar-refractivity contribution in [2.75, 3.05) is 13.1 Å². The maximum Gasteiger partial charge on any atom is 0.223 e. The molecule has 0 unspecified atom stereocenters. The lowest BCUT2D eigenvalue weighted by molar-refractivity contribution is -0.125. The lowest BCUT2D eigenvalue weighted by atomic mass is 10.0. The Hall–Kier alpha value is -1.64. The van der Waals surface area contributed by atoms with Crippen molar-refractivity contribution in [3.05, 3.63) is 35.4 Å². The van der Waals surface area contributed by atoms with Crippen molar-refractivity contribution >= 4 is 11.7 Å². The second kappa shape index (κ2) is 5.80. The highest BCUT2D eigenvalue weighted by molar-refractivity contribution is 5.98. The molecule has 0 aromatic heterocycles. The van der Waals surface area contributed by atoms with E-state index >= 15 is 0 Å². The van der Waals surface area contributed by atoms with E-state index in [1.807, 2.05) is 24.3 Å². The Morgan fingerprint density at radius 3 is 2.33 bits per heavy atom. The van der Waals surface area contributed by atoms with Crippen LogP contribution in [0.4, 0.5) is 0 Å². The third-order valence-corrected chi connectivity index (χ3v) is 3.18. The summed E-state index contributed by atoms with van der Waals surface area (Å²) in [5.74, 6) is 0.166. The fourth-order valence-electron chi connectivity index (χ4n) is 1.97. The number of Topliss-reactive ketones (excluding diaryl/α,β-unsaturated/α-hetero) is 1. The van der Waals surface area contributed by atoms with Crippen molar-refractivity contribution in [2.24, 2.45) is 0 Å². The zero-order valence-electron chi connectivity index (χ0n) is 10.8.